The van der Waals surface area contributed by atoms with E-state index in [0.29, 0.717) is 10.3 Å². The van der Waals surface area contributed by atoms with E-state index in [-0.39, 0.29) is 11.0 Å². The lowest BCUT2D eigenvalue weighted by Gasteiger charge is -2.19. The Kier molecular flexibility index (Phi) is 4.09. The van der Waals surface area contributed by atoms with Crippen LogP contribution in [-0.2, 0) is 11.8 Å². The van der Waals surface area contributed by atoms with Gasteiger partial charge < -0.3 is 4.98 Å². The third-order valence-electron chi connectivity index (χ3n) is 3.07. The van der Waals surface area contributed by atoms with Crippen LogP contribution in [-0.4, -0.2) is 15.0 Å². The quantitative estimate of drug-likeness (QED) is 0.914. The van der Waals surface area contributed by atoms with E-state index in [1.54, 1.807) is 6.20 Å². The Bertz CT molecular complexity index is 686. The molecular formula is C15H18BrN3O. The van der Waals surface area contributed by atoms with E-state index in [1.165, 1.54) is 0 Å². The van der Waals surface area contributed by atoms with E-state index in [4.69, 9.17) is 0 Å². The van der Waals surface area contributed by atoms with Gasteiger partial charge in [-0.2, -0.15) is 0 Å². The molecule has 4 nitrogen and oxygen atoms in total. The molecule has 0 aromatic carbocycles. The third kappa shape index (κ3) is 2.82. The summed E-state index contributed by atoms with van der Waals surface area (Å²) in [5.74, 6) is 0.528. The number of hydrogen-bond acceptors (Lipinski definition) is 3. The highest BCUT2D eigenvalue weighted by Crippen LogP contribution is 2.27. The Morgan fingerprint density at radius 3 is 2.65 bits per heavy atom. The molecule has 0 saturated heterocycles. The average Bonchev–Trinajstić information content (AvgIpc) is 2.40. The fourth-order valence-electron chi connectivity index (χ4n) is 2.00. The van der Waals surface area contributed by atoms with Crippen LogP contribution in [0.25, 0.3) is 11.5 Å². The first-order chi connectivity index (χ1) is 9.34. The van der Waals surface area contributed by atoms with Gasteiger partial charge in [0.15, 0.2) is 5.82 Å². The lowest BCUT2D eigenvalue weighted by Crippen LogP contribution is -2.22. The van der Waals surface area contributed by atoms with Crippen molar-refractivity contribution >= 4 is 15.9 Å². The van der Waals surface area contributed by atoms with Crippen molar-refractivity contribution in [3.05, 3.63) is 44.4 Å². The van der Waals surface area contributed by atoms with Gasteiger partial charge in [0.25, 0.3) is 5.56 Å². The van der Waals surface area contributed by atoms with Gasteiger partial charge in [-0.1, -0.05) is 33.8 Å². The van der Waals surface area contributed by atoms with Gasteiger partial charge in [-0.05, 0) is 34.0 Å². The fourth-order valence-corrected chi connectivity index (χ4v) is 2.79. The summed E-state index contributed by atoms with van der Waals surface area (Å²) in [5, 5.41) is 0. The molecule has 0 bridgehead atoms. The van der Waals surface area contributed by atoms with Gasteiger partial charge in [0, 0.05) is 11.6 Å². The number of rotatable bonds is 2. The van der Waals surface area contributed by atoms with Crippen molar-refractivity contribution in [2.24, 2.45) is 0 Å². The summed E-state index contributed by atoms with van der Waals surface area (Å²) in [7, 11) is 0. The topological polar surface area (TPSA) is 58.6 Å². The smallest absolute Gasteiger partial charge is 0.265 e. The Balaban J connectivity index is 2.71. The zero-order chi connectivity index (χ0) is 14.9. The predicted octanol–water partition coefficient (Wildman–Crippen LogP) is 3.45. The molecule has 0 aliphatic carbocycles. The Morgan fingerprint density at radius 2 is 2.05 bits per heavy atom. The molecule has 0 amide bonds. The van der Waals surface area contributed by atoms with E-state index < -0.39 is 0 Å². The Labute approximate surface area is 126 Å². The minimum atomic E-state index is -0.219. The summed E-state index contributed by atoms with van der Waals surface area (Å²) in [6.07, 6.45) is 2.56. The van der Waals surface area contributed by atoms with Gasteiger partial charge in [0.05, 0.1) is 5.69 Å². The number of aryl methyl sites for hydroxylation is 1. The molecule has 0 aliphatic heterocycles. The van der Waals surface area contributed by atoms with Gasteiger partial charge in [0.1, 0.15) is 10.2 Å². The van der Waals surface area contributed by atoms with Crippen LogP contribution >= 0.6 is 15.9 Å². The first-order valence-corrected chi connectivity index (χ1v) is 7.38. The SMILES string of the molecule is CCc1cccnc1-c1nc(C(C)(C)C)c(Br)c(=O)[nH]1. The van der Waals surface area contributed by atoms with Gasteiger partial charge in [0.2, 0.25) is 0 Å². The van der Waals surface area contributed by atoms with Gasteiger partial charge >= 0.3 is 0 Å². The van der Waals surface area contributed by atoms with Crippen molar-refractivity contribution in [2.75, 3.05) is 0 Å². The Hall–Kier alpha value is -1.49. The molecule has 0 aliphatic rings. The number of aromatic nitrogens is 3. The lowest BCUT2D eigenvalue weighted by molar-refractivity contribution is 0.562. The molecule has 0 saturated carbocycles. The molecule has 2 rings (SSSR count). The molecule has 2 heterocycles. The van der Waals surface area contributed by atoms with Gasteiger partial charge in [-0.3, -0.25) is 9.78 Å². The van der Waals surface area contributed by atoms with Crippen LogP contribution in [0, 0.1) is 0 Å². The third-order valence-corrected chi connectivity index (χ3v) is 3.81. The van der Waals surface area contributed by atoms with Crippen LogP contribution in [0.15, 0.2) is 27.6 Å². The molecule has 0 atom stereocenters. The van der Waals surface area contributed by atoms with E-state index in [9.17, 15) is 4.79 Å². The number of halogens is 1. The maximum absolute atomic E-state index is 12.1. The average molecular weight is 336 g/mol. The van der Waals surface area contributed by atoms with Crippen LogP contribution in [0.4, 0.5) is 0 Å². The molecule has 0 radical (unpaired) electrons. The number of aromatic amines is 1. The summed E-state index contributed by atoms with van der Waals surface area (Å²) >= 11 is 3.33. The molecular weight excluding hydrogens is 318 g/mol. The monoisotopic (exact) mass is 335 g/mol. The molecule has 0 fully saturated rings. The van der Waals surface area contributed by atoms with Crippen LogP contribution in [0.1, 0.15) is 39.0 Å². The van der Waals surface area contributed by atoms with Crippen molar-refractivity contribution < 1.29 is 0 Å². The van der Waals surface area contributed by atoms with Crippen LogP contribution in [0.2, 0.25) is 0 Å². The van der Waals surface area contributed by atoms with Crippen LogP contribution in [0.5, 0.6) is 0 Å². The zero-order valence-corrected chi connectivity index (χ0v) is 13.7. The highest BCUT2D eigenvalue weighted by atomic mass is 79.9. The molecule has 5 heteroatoms. The van der Waals surface area contributed by atoms with E-state index in [0.717, 1.165) is 23.4 Å². The first-order valence-electron chi connectivity index (χ1n) is 6.59. The van der Waals surface area contributed by atoms with Crippen molar-refractivity contribution in [1.82, 2.24) is 15.0 Å². The maximum atomic E-state index is 12.1. The normalized spacial score (nSPS) is 11.7. The number of hydrogen-bond donors (Lipinski definition) is 1. The summed E-state index contributed by atoms with van der Waals surface area (Å²) < 4.78 is 0.489. The second kappa shape index (κ2) is 5.48. The predicted molar refractivity (Wildman–Crippen MR) is 83.9 cm³/mol. The molecule has 2 aromatic rings. The second-order valence-corrected chi connectivity index (χ2v) is 6.48. The van der Waals surface area contributed by atoms with Gasteiger partial charge in [-0.15, -0.1) is 0 Å². The van der Waals surface area contributed by atoms with E-state index in [2.05, 4.69) is 37.8 Å². The van der Waals surface area contributed by atoms with Crippen molar-refractivity contribution in [1.29, 1.82) is 0 Å². The first kappa shape index (κ1) is 14.9. The fraction of sp³-hybridized carbons (Fsp3) is 0.400. The number of H-pyrrole nitrogens is 1. The van der Waals surface area contributed by atoms with Crippen LogP contribution in [0.3, 0.4) is 0 Å². The zero-order valence-electron chi connectivity index (χ0n) is 12.1. The summed E-state index contributed by atoms with van der Waals surface area (Å²) in [5.41, 5.74) is 2.16. The Morgan fingerprint density at radius 1 is 1.35 bits per heavy atom. The van der Waals surface area contributed by atoms with Crippen molar-refractivity contribution in [3.63, 3.8) is 0 Å². The summed E-state index contributed by atoms with van der Waals surface area (Å²) in [6, 6.07) is 3.89. The minimum Gasteiger partial charge on any atom is -0.304 e. The van der Waals surface area contributed by atoms with E-state index >= 15 is 0 Å². The summed E-state index contributed by atoms with van der Waals surface area (Å²) in [6.45, 7) is 8.15. The standard InChI is InChI=1S/C15H18BrN3O/c1-5-9-7-6-8-17-11(9)13-18-12(15(2,3)4)10(16)14(20)19-13/h6-8H,5H2,1-4H3,(H,18,19,20). The number of nitrogens with zero attached hydrogens (tertiary/aromatic N) is 2. The number of pyridine rings is 1. The lowest BCUT2D eigenvalue weighted by atomic mass is 9.92. The molecule has 0 spiro atoms. The molecule has 2 aromatic heterocycles. The maximum Gasteiger partial charge on any atom is 0.265 e. The molecule has 20 heavy (non-hydrogen) atoms. The summed E-state index contributed by atoms with van der Waals surface area (Å²) in [4.78, 5) is 23.9. The molecule has 1 N–H and O–H groups in total. The number of nitrogens with one attached hydrogen (secondary N) is 1. The van der Waals surface area contributed by atoms with Crippen molar-refractivity contribution in [3.8, 4) is 11.5 Å². The van der Waals surface area contributed by atoms with E-state index in [1.807, 2.05) is 32.9 Å². The largest absolute Gasteiger partial charge is 0.304 e. The molecule has 106 valence electrons. The molecule has 0 unspecified atom stereocenters. The highest BCUT2D eigenvalue weighted by Gasteiger charge is 2.23. The van der Waals surface area contributed by atoms with Crippen LogP contribution < -0.4 is 5.56 Å². The minimum absolute atomic E-state index is 0.173. The highest BCUT2D eigenvalue weighted by molar-refractivity contribution is 9.10. The van der Waals surface area contributed by atoms with Gasteiger partial charge in [-0.25, -0.2) is 4.98 Å². The second-order valence-electron chi connectivity index (χ2n) is 5.69. The van der Waals surface area contributed by atoms with Crippen molar-refractivity contribution in [2.45, 2.75) is 39.5 Å².